The summed E-state index contributed by atoms with van der Waals surface area (Å²) in [6, 6.07) is 4.36. The van der Waals surface area contributed by atoms with Crippen LogP contribution in [0.2, 0.25) is 0 Å². The van der Waals surface area contributed by atoms with E-state index in [4.69, 9.17) is 9.47 Å². The van der Waals surface area contributed by atoms with Crippen LogP contribution in [0.15, 0.2) is 16.6 Å². The summed E-state index contributed by atoms with van der Waals surface area (Å²) in [5.74, 6) is 1.60. The fourth-order valence-electron chi connectivity index (χ4n) is 1.93. The van der Waals surface area contributed by atoms with Crippen LogP contribution in [0.25, 0.3) is 0 Å². The largest absolute Gasteiger partial charge is 0.490 e. The third-order valence-corrected chi connectivity index (χ3v) is 3.48. The molecular formula is C14H22BrNO2. The lowest BCUT2D eigenvalue weighted by Crippen LogP contribution is -2.16. The monoisotopic (exact) mass is 315 g/mol. The molecule has 0 spiro atoms. The van der Waals surface area contributed by atoms with E-state index < -0.39 is 0 Å². The molecule has 102 valence electrons. The van der Waals surface area contributed by atoms with Crippen molar-refractivity contribution in [3.05, 3.63) is 22.2 Å². The molecule has 1 N–H and O–H groups in total. The molecule has 3 nitrogen and oxygen atoms in total. The molecule has 1 unspecified atom stereocenters. The summed E-state index contributed by atoms with van der Waals surface area (Å²) in [5, 5.41) is 3.30. The van der Waals surface area contributed by atoms with E-state index in [1.165, 1.54) is 5.56 Å². The van der Waals surface area contributed by atoms with E-state index in [1.54, 1.807) is 0 Å². The third-order valence-electron chi connectivity index (χ3n) is 2.79. The molecular weight excluding hydrogens is 294 g/mol. The molecule has 18 heavy (non-hydrogen) atoms. The van der Waals surface area contributed by atoms with Crippen molar-refractivity contribution < 1.29 is 9.47 Å². The highest BCUT2D eigenvalue weighted by Gasteiger charge is 2.15. The molecule has 1 aromatic carbocycles. The van der Waals surface area contributed by atoms with E-state index in [2.05, 4.69) is 34.2 Å². The number of ether oxygens (including phenoxy) is 2. The van der Waals surface area contributed by atoms with E-state index in [1.807, 2.05) is 27.0 Å². The first-order valence-corrected chi connectivity index (χ1v) is 7.23. The van der Waals surface area contributed by atoms with Gasteiger partial charge >= 0.3 is 0 Å². The molecule has 0 fully saturated rings. The van der Waals surface area contributed by atoms with Crippen LogP contribution in [-0.2, 0) is 0 Å². The minimum atomic E-state index is 0.314. The minimum absolute atomic E-state index is 0.314. The summed E-state index contributed by atoms with van der Waals surface area (Å²) in [4.78, 5) is 0. The third kappa shape index (κ3) is 3.62. The molecule has 1 atom stereocenters. The Morgan fingerprint density at radius 1 is 1.11 bits per heavy atom. The van der Waals surface area contributed by atoms with E-state index in [0.29, 0.717) is 19.3 Å². The first kappa shape index (κ1) is 15.3. The highest BCUT2D eigenvalue weighted by atomic mass is 79.9. The van der Waals surface area contributed by atoms with Gasteiger partial charge in [0, 0.05) is 10.5 Å². The Labute approximate surface area is 118 Å². The zero-order chi connectivity index (χ0) is 13.5. The van der Waals surface area contributed by atoms with Gasteiger partial charge in [0.2, 0.25) is 0 Å². The van der Waals surface area contributed by atoms with E-state index in [9.17, 15) is 0 Å². The van der Waals surface area contributed by atoms with Gasteiger partial charge in [-0.3, -0.25) is 0 Å². The zero-order valence-electron chi connectivity index (χ0n) is 11.5. The molecule has 1 rings (SSSR count). The SMILES string of the molecule is CCOc1cc(Br)c(C(CC)NC)cc1OCC. The van der Waals surface area contributed by atoms with E-state index >= 15 is 0 Å². The molecule has 0 saturated heterocycles. The highest BCUT2D eigenvalue weighted by Crippen LogP contribution is 2.37. The van der Waals surface area contributed by atoms with Crippen molar-refractivity contribution in [2.24, 2.45) is 0 Å². The fraction of sp³-hybridized carbons (Fsp3) is 0.571. The second kappa shape index (κ2) is 7.64. The van der Waals surface area contributed by atoms with Crippen LogP contribution < -0.4 is 14.8 Å². The maximum atomic E-state index is 5.65. The molecule has 0 heterocycles. The summed E-state index contributed by atoms with van der Waals surface area (Å²) >= 11 is 3.61. The second-order valence-electron chi connectivity index (χ2n) is 3.94. The highest BCUT2D eigenvalue weighted by molar-refractivity contribution is 9.10. The lowest BCUT2D eigenvalue weighted by molar-refractivity contribution is 0.287. The van der Waals surface area contributed by atoms with Gasteiger partial charge in [0.1, 0.15) is 0 Å². The molecule has 1 aromatic rings. The molecule has 0 aliphatic rings. The molecule has 0 aromatic heterocycles. The van der Waals surface area contributed by atoms with Crippen molar-refractivity contribution in [2.45, 2.75) is 33.2 Å². The maximum Gasteiger partial charge on any atom is 0.162 e. The van der Waals surface area contributed by atoms with Gasteiger partial charge in [0.15, 0.2) is 11.5 Å². The first-order valence-electron chi connectivity index (χ1n) is 6.44. The smallest absolute Gasteiger partial charge is 0.162 e. The van der Waals surface area contributed by atoms with Gasteiger partial charge in [-0.05, 0) is 45.0 Å². The fourth-order valence-corrected chi connectivity index (χ4v) is 2.53. The summed E-state index contributed by atoms with van der Waals surface area (Å²) in [6.07, 6.45) is 1.02. The zero-order valence-corrected chi connectivity index (χ0v) is 13.1. The van der Waals surface area contributed by atoms with Crippen molar-refractivity contribution in [1.82, 2.24) is 5.32 Å². The Balaban J connectivity index is 3.16. The number of halogens is 1. The molecule has 0 bridgehead atoms. The predicted octanol–water partition coefficient (Wildman–Crippen LogP) is 3.92. The number of rotatable bonds is 7. The van der Waals surface area contributed by atoms with Gasteiger partial charge in [-0.1, -0.05) is 22.9 Å². The van der Waals surface area contributed by atoms with E-state index in [0.717, 1.165) is 22.4 Å². The van der Waals surface area contributed by atoms with Gasteiger partial charge < -0.3 is 14.8 Å². The Kier molecular flexibility index (Phi) is 6.50. The van der Waals surface area contributed by atoms with Crippen molar-refractivity contribution in [3.8, 4) is 11.5 Å². The Morgan fingerprint density at radius 3 is 2.11 bits per heavy atom. The molecule has 0 aliphatic heterocycles. The Morgan fingerprint density at radius 2 is 1.67 bits per heavy atom. The average molecular weight is 316 g/mol. The van der Waals surface area contributed by atoms with Crippen molar-refractivity contribution >= 4 is 15.9 Å². The van der Waals surface area contributed by atoms with Crippen LogP contribution in [0.1, 0.15) is 38.8 Å². The maximum absolute atomic E-state index is 5.65. The predicted molar refractivity (Wildman–Crippen MR) is 78.6 cm³/mol. The molecule has 0 saturated carbocycles. The van der Waals surface area contributed by atoms with Gasteiger partial charge in [-0.2, -0.15) is 0 Å². The second-order valence-corrected chi connectivity index (χ2v) is 4.79. The lowest BCUT2D eigenvalue weighted by Gasteiger charge is -2.19. The molecule has 4 heteroatoms. The topological polar surface area (TPSA) is 30.5 Å². The number of nitrogens with one attached hydrogen (secondary N) is 1. The number of benzene rings is 1. The quantitative estimate of drug-likeness (QED) is 0.827. The molecule has 0 aliphatic carbocycles. The summed E-state index contributed by atoms with van der Waals surface area (Å²) in [7, 11) is 1.97. The molecule has 0 radical (unpaired) electrons. The molecule has 0 amide bonds. The lowest BCUT2D eigenvalue weighted by atomic mass is 10.0. The van der Waals surface area contributed by atoms with Crippen LogP contribution in [-0.4, -0.2) is 20.3 Å². The van der Waals surface area contributed by atoms with Crippen LogP contribution >= 0.6 is 15.9 Å². The Bertz CT molecular complexity index is 378. The number of hydrogen-bond acceptors (Lipinski definition) is 3. The average Bonchev–Trinajstić information content (AvgIpc) is 2.36. The number of hydrogen-bond donors (Lipinski definition) is 1. The Hall–Kier alpha value is -0.740. The van der Waals surface area contributed by atoms with Gasteiger partial charge in [-0.25, -0.2) is 0 Å². The van der Waals surface area contributed by atoms with E-state index in [-0.39, 0.29) is 0 Å². The summed E-state index contributed by atoms with van der Waals surface area (Å²) < 4.78 is 12.3. The normalized spacial score (nSPS) is 12.3. The summed E-state index contributed by atoms with van der Waals surface area (Å²) in [6.45, 7) is 7.38. The van der Waals surface area contributed by atoms with Crippen LogP contribution in [0.5, 0.6) is 11.5 Å². The van der Waals surface area contributed by atoms with Gasteiger partial charge in [0.05, 0.1) is 13.2 Å². The van der Waals surface area contributed by atoms with Gasteiger partial charge in [-0.15, -0.1) is 0 Å². The standard InChI is InChI=1S/C14H22BrNO2/c1-5-12(16-4)10-8-13(17-6-2)14(18-7-3)9-11(10)15/h8-9,12,16H,5-7H2,1-4H3. The van der Waals surface area contributed by atoms with Crippen molar-refractivity contribution in [2.75, 3.05) is 20.3 Å². The van der Waals surface area contributed by atoms with Crippen LogP contribution in [0.4, 0.5) is 0 Å². The van der Waals surface area contributed by atoms with Crippen LogP contribution in [0.3, 0.4) is 0 Å². The van der Waals surface area contributed by atoms with Crippen LogP contribution in [0, 0.1) is 0 Å². The van der Waals surface area contributed by atoms with Crippen molar-refractivity contribution in [3.63, 3.8) is 0 Å². The van der Waals surface area contributed by atoms with Gasteiger partial charge in [0.25, 0.3) is 0 Å². The van der Waals surface area contributed by atoms with Crippen molar-refractivity contribution in [1.29, 1.82) is 0 Å². The summed E-state index contributed by atoms with van der Waals surface area (Å²) in [5.41, 5.74) is 1.20. The first-order chi connectivity index (χ1) is 8.67. The minimum Gasteiger partial charge on any atom is -0.490 e.